The largest absolute Gasteiger partial charge is 0.507 e. The molecule has 4 atom stereocenters. The first-order valence-corrected chi connectivity index (χ1v) is 7.55. The van der Waals surface area contributed by atoms with Gasteiger partial charge in [-0.1, -0.05) is 24.3 Å². The zero-order valence-corrected chi connectivity index (χ0v) is 11.9. The number of phenols is 1. The van der Waals surface area contributed by atoms with Crippen LogP contribution in [0.25, 0.3) is 0 Å². The van der Waals surface area contributed by atoms with Crippen molar-refractivity contribution in [3.8, 4) is 5.75 Å². The number of hydrogen-bond donors (Lipinski definition) is 1. The standard InChI is InChI=1S/C17H16N2O3/c20-13-4-2-1-3-12(13)9-18-19-16(21)14-10-5-6-11(8-7-10)15(14)17(19)22/h1-6,9-11,14-15,20H,7-8H2/b18-9-/t10-,11+,14-,15-/m0/s1. The minimum atomic E-state index is -0.252. The fourth-order valence-corrected chi connectivity index (χ4v) is 3.89. The van der Waals surface area contributed by atoms with Gasteiger partial charge in [-0.3, -0.25) is 9.59 Å². The average Bonchev–Trinajstić information content (AvgIpc) is 2.82. The van der Waals surface area contributed by atoms with Gasteiger partial charge in [0.15, 0.2) is 0 Å². The quantitative estimate of drug-likeness (QED) is 0.515. The highest BCUT2D eigenvalue weighted by Gasteiger charge is 2.56. The summed E-state index contributed by atoms with van der Waals surface area (Å²) in [5.74, 6) is -0.518. The van der Waals surface area contributed by atoms with Crippen LogP contribution in [-0.4, -0.2) is 28.1 Å². The number of aromatic hydroxyl groups is 1. The average molecular weight is 296 g/mol. The Morgan fingerprint density at radius 2 is 1.64 bits per heavy atom. The molecule has 1 saturated heterocycles. The third kappa shape index (κ3) is 1.81. The van der Waals surface area contributed by atoms with E-state index in [9.17, 15) is 14.7 Å². The molecule has 0 unspecified atom stereocenters. The van der Waals surface area contributed by atoms with Crippen LogP contribution in [0.15, 0.2) is 41.5 Å². The number of allylic oxidation sites excluding steroid dienone is 2. The van der Waals surface area contributed by atoms with Crippen LogP contribution < -0.4 is 0 Å². The van der Waals surface area contributed by atoms with Gasteiger partial charge in [0, 0.05) is 5.56 Å². The number of rotatable bonds is 2. The lowest BCUT2D eigenvalue weighted by molar-refractivity contribution is -0.140. The minimum absolute atomic E-state index is 0.0736. The van der Waals surface area contributed by atoms with Gasteiger partial charge in [-0.2, -0.15) is 10.1 Å². The number of hydrazone groups is 1. The lowest BCUT2D eigenvalue weighted by atomic mass is 9.63. The van der Waals surface area contributed by atoms with Gasteiger partial charge in [-0.25, -0.2) is 0 Å². The first kappa shape index (κ1) is 13.2. The second kappa shape index (κ2) is 4.80. The van der Waals surface area contributed by atoms with Crippen molar-refractivity contribution >= 4 is 18.0 Å². The van der Waals surface area contributed by atoms with Gasteiger partial charge in [-0.05, 0) is 36.8 Å². The monoisotopic (exact) mass is 296 g/mol. The molecular weight excluding hydrogens is 280 g/mol. The van der Waals surface area contributed by atoms with E-state index in [2.05, 4.69) is 17.3 Å². The third-order valence-corrected chi connectivity index (χ3v) is 4.99. The van der Waals surface area contributed by atoms with E-state index in [-0.39, 0.29) is 41.2 Å². The van der Waals surface area contributed by atoms with Crippen molar-refractivity contribution in [2.75, 3.05) is 0 Å². The topological polar surface area (TPSA) is 70.0 Å². The Balaban J connectivity index is 1.63. The number of nitrogens with zero attached hydrogens (tertiary/aromatic N) is 2. The fraction of sp³-hybridized carbons (Fsp3) is 0.353. The Hall–Kier alpha value is -2.43. The van der Waals surface area contributed by atoms with Crippen LogP contribution >= 0.6 is 0 Å². The molecule has 0 radical (unpaired) electrons. The first-order valence-electron chi connectivity index (χ1n) is 7.55. The van der Waals surface area contributed by atoms with Crippen LogP contribution in [0.2, 0.25) is 0 Å². The predicted molar refractivity (Wildman–Crippen MR) is 79.9 cm³/mol. The summed E-state index contributed by atoms with van der Waals surface area (Å²) in [5.41, 5.74) is 0.485. The Labute approximate surface area is 127 Å². The van der Waals surface area contributed by atoms with Crippen LogP contribution in [0.5, 0.6) is 5.75 Å². The number of carbonyl (C=O) groups excluding carboxylic acids is 2. The number of imide groups is 1. The molecule has 22 heavy (non-hydrogen) atoms. The van der Waals surface area contributed by atoms with Crippen molar-refractivity contribution in [2.45, 2.75) is 12.8 Å². The first-order chi connectivity index (χ1) is 10.7. The van der Waals surface area contributed by atoms with Crippen LogP contribution in [0.3, 0.4) is 0 Å². The van der Waals surface area contributed by atoms with E-state index in [0.717, 1.165) is 17.9 Å². The molecule has 5 rings (SSSR count). The third-order valence-electron chi connectivity index (χ3n) is 4.99. The summed E-state index contributed by atoms with van der Waals surface area (Å²) in [7, 11) is 0. The summed E-state index contributed by atoms with van der Waals surface area (Å²) in [6.45, 7) is 0. The van der Waals surface area contributed by atoms with Gasteiger partial charge in [-0.15, -0.1) is 0 Å². The Kier molecular flexibility index (Phi) is 2.89. The van der Waals surface area contributed by atoms with Crippen molar-refractivity contribution in [3.63, 3.8) is 0 Å². The molecule has 112 valence electrons. The van der Waals surface area contributed by atoms with Gasteiger partial charge in [0.2, 0.25) is 0 Å². The molecule has 0 spiro atoms. The number of benzene rings is 1. The molecule has 1 aliphatic heterocycles. The molecule has 4 aliphatic rings. The SMILES string of the molecule is O=C1[C@@H]2[C@@H](C(=O)N1/N=C\c1ccccc1O)[C@H]1C=C[C@@H]2CC1. The second-order valence-corrected chi connectivity index (χ2v) is 6.13. The molecule has 1 aromatic carbocycles. The molecule has 1 heterocycles. The number of carbonyl (C=O) groups is 2. The summed E-state index contributed by atoms with van der Waals surface area (Å²) < 4.78 is 0. The summed E-state index contributed by atoms with van der Waals surface area (Å²) in [6, 6.07) is 6.69. The van der Waals surface area contributed by atoms with Crippen molar-refractivity contribution in [2.24, 2.45) is 28.8 Å². The number of hydrogen-bond acceptors (Lipinski definition) is 4. The van der Waals surface area contributed by atoms with Crippen LogP contribution in [0.1, 0.15) is 18.4 Å². The van der Waals surface area contributed by atoms with E-state index in [4.69, 9.17) is 0 Å². The Morgan fingerprint density at radius 1 is 1.05 bits per heavy atom. The summed E-state index contributed by atoms with van der Waals surface area (Å²) in [5, 5.41) is 14.8. The predicted octanol–water partition coefficient (Wildman–Crippen LogP) is 1.92. The highest BCUT2D eigenvalue weighted by molar-refractivity contribution is 6.06. The van der Waals surface area contributed by atoms with Gasteiger partial charge in [0.05, 0.1) is 18.1 Å². The molecule has 1 aromatic rings. The molecule has 2 bridgehead atoms. The van der Waals surface area contributed by atoms with E-state index >= 15 is 0 Å². The fourth-order valence-electron chi connectivity index (χ4n) is 3.89. The number of fused-ring (bicyclic) bond motifs is 1. The molecular formula is C17H16N2O3. The number of para-hydroxylation sites is 1. The van der Waals surface area contributed by atoms with Crippen LogP contribution in [0.4, 0.5) is 0 Å². The van der Waals surface area contributed by atoms with Gasteiger partial charge >= 0.3 is 0 Å². The highest BCUT2D eigenvalue weighted by Crippen LogP contribution is 2.49. The van der Waals surface area contributed by atoms with Gasteiger partial charge < -0.3 is 5.11 Å². The van der Waals surface area contributed by atoms with Crippen LogP contribution in [-0.2, 0) is 9.59 Å². The smallest absolute Gasteiger partial charge is 0.254 e. The van der Waals surface area contributed by atoms with E-state index in [0.29, 0.717) is 5.56 Å². The molecule has 3 aliphatic carbocycles. The molecule has 1 N–H and O–H groups in total. The summed E-state index contributed by atoms with van der Waals surface area (Å²) in [4.78, 5) is 25.1. The number of phenolic OH excluding ortho intramolecular Hbond substituents is 1. The summed E-state index contributed by atoms with van der Waals surface area (Å²) >= 11 is 0. The number of amides is 2. The summed E-state index contributed by atoms with van der Waals surface area (Å²) in [6.07, 6.45) is 7.47. The van der Waals surface area contributed by atoms with E-state index in [1.54, 1.807) is 24.3 Å². The van der Waals surface area contributed by atoms with E-state index in [1.165, 1.54) is 6.21 Å². The second-order valence-electron chi connectivity index (χ2n) is 6.13. The molecule has 0 aromatic heterocycles. The zero-order chi connectivity index (χ0) is 15.3. The highest BCUT2D eigenvalue weighted by atomic mass is 16.3. The Bertz CT molecular complexity index is 678. The van der Waals surface area contributed by atoms with Crippen molar-refractivity contribution in [3.05, 3.63) is 42.0 Å². The van der Waals surface area contributed by atoms with Crippen molar-refractivity contribution in [1.82, 2.24) is 5.01 Å². The normalized spacial score (nSPS) is 33.0. The van der Waals surface area contributed by atoms with E-state index in [1.807, 2.05) is 0 Å². The van der Waals surface area contributed by atoms with Gasteiger partial charge in [0.25, 0.3) is 11.8 Å². The molecule has 2 fully saturated rings. The molecule has 5 nitrogen and oxygen atoms in total. The minimum Gasteiger partial charge on any atom is -0.507 e. The lowest BCUT2D eigenvalue weighted by Gasteiger charge is -2.37. The zero-order valence-electron chi connectivity index (χ0n) is 11.9. The van der Waals surface area contributed by atoms with Crippen LogP contribution in [0, 0.1) is 23.7 Å². The van der Waals surface area contributed by atoms with Crippen molar-refractivity contribution in [1.29, 1.82) is 0 Å². The molecule has 2 amide bonds. The molecule has 5 heteroatoms. The van der Waals surface area contributed by atoms with Gasteiger partial charge in [0.1, 0.15) is 5.75 Å². The maximum atomic E-state index is 12.5. The van der Waals surface area contributed by atoms with Crippen molar-refractivity contribution < 1.29 is 14.7 Å². The van der Waals surface area contributed by atoms with E-state index < -0.39 is 0 Å². The Morgan fingerprint density at radius 3 is 2.18 bits per heavy atom. The maximum absolute atomic E-state index is 12.5. The maximum Gasteiger partial charge on any atom is 0.254 e. The molecule has 1 saturated carbocycles. The lowest BCUT2D eigenvalue weighted by Crippen LogP contribution is -2.38.